The lowest BCUT2D eigenvalue weighted by Crippen LogP contribution is -2.38. The van der Waals surface area contributed by atoms with Crippen molar-refractivity contribution in [1.29, 1.82) is 0 Å². The van der Waals surface area contributed by atoms with Crippen LogP contribution in [0.4, 0.5) is 5.69 Å². The van der Waals surface area contributed by atoms with Crippen molar-refractivity contribution < 1.29 is 19.1 Å². The van der Waals surface area contributed by atoms with Gasteiger partial charge in [0.15, 0.2) is 11.5 Å². The number of benzene rings is 2. The Morgan fingerprint density at radius 3 is 2.20 bits per heavy atom. The Morgan fingerprint density at radius 1 is 0.967 bits per heavy atom. The van der Waals surface area contributed by atoms with Crippen molar-refractivity contribution in [1.82, 2.24) is 5.32 Å². The van der Waals surface area contributed by atoms with Crippen LogP contribution in [0.2, 0.25) is 10.0 Å². The number of anilines is 1. The zero-order chi connectivity index (χ0) is 22.5. The molecule has 0 heterocycles. The molecule has 0 fully saturated rings. The molecule has 0 saturated carbocycles. The van der Waals surface area contributed by atoms with Gasteiger partial charge in [0, 0.05) is 10.4 Å². The van der Waals surface area contributed by atoms with Gasteiger partial charge in [-0.1, -0.05) is 50.0 Å². The normalized spacial score (nSPS) is 11.6. The van der Waals surface area contributed by atoms with Crippen LogP contribution in [0.15, 0.2) is 42.1 Å². The van der Waals surface area contributed by atoms with Crippen LogP contribution in [0.1, 0.15) is 26.3 Å². The first-order chi connectivity index (χ1) is 14.0. The number of carbonyl (C=O) groups is 2. The Morgan fingerprint density at radius 2 is 1.63 bits per heavy atom. The Kier molecular flexibility index (Phi) is 7.76. The molecule has 0 aliphatic heterocycles. The van der Waals surface area contributed by atoms with Gasteiger partial charge in [-0.15, -0.1) is 0 Å². The molecule has 2 rings (SSSR count). The molecular formula is C22H24Cl2N2O4. The third kappa shape index (κ3) is 6.15. The maximum absolute atomic E-state index is 13.0. The van der Waals surface area contributed by atoms with Gasteiger partial charge in [-0.25, -0.2) is 0 Å². The Hall–Kier alpha value is -2.70. The van der Waals surface area contributed by atoms with Crippen LogP contribution < -0.4 is 20.1 Å². The van der Waals surface area contributed by atoms with E-state index in [0.29, 0.717) is 27.8 Å². The quantitative estimate of drug-likeness (QED) is 0.596. The van der Waals surface area contributed by atoms with Crippen LogP contribution in [-0.2, 0) is 9.59 Å². The topological polar surface area (TPSA) is 76.7 Å². The van der Waals surface area contributed by atoms with Crippen molar-refractivity contribution in [3.05, 3.63) is 57.7 Å². The summed E-state index contributed by atoms with van der Waals surface area (Å²) in [5.41, 5.74) is 0.353. The van der Waals surface area contributed by atoms with E-state index in [2.05, 4.69) is 10.6 Å². The molecule has 0 atom stereocenters. The molecule has 2 amide bonds. The van der Waals surface area contributed by atoms with Crippen molar-refractivity contribution in [2.75, 3.05) is 19.5 Å². The number of nitrogens with one attached hydrogen (secondary N) is 2. The lowest BCUT2D eigenvalue weighted by atomic mass is 9.95. The summed E-state index contributed by atoms with van der Waals surface area (Å²) in [6, 6.07) is 9.86. The van der Waals surface area contributed by atoms with Crippen LogP contribution in [0.3, 0.4) is 0 Å². The third-order valence-corrected chi connectivity index (χ3v) is 4.62. The molecular weight excluding hydrogens is 427 g/mol. The van der Waals surface area contributed by atoms with E-state index in [1.165, 1.54) is 20.3 Å². The molecule has 0 spiro atoms. The van der Waals surface area contributed by atoms with Gasteiger partial charge in [0.25, 0.3) is 5.91 Å². The Labute approximate surface area is 186 Å². The molecule has 0 aliphatic carbocycles. The zero-order valence-electron chi connectivity index (χ0n) is 17.4. The molecule has 0 aliphatic rings. The highest BCUT2D eigenvalue weighted by atomic mass is 35.5. The number of methoxy groups -OCH3 is 2. The largest absolute Gasteiger partial charge is 0.493 e. The second-order valence-electron chi connectivity index (χ2n) is 7.45. The molecule has 160 valence electrons. The van der Waals surface area contributed by atoms with Gasteiger partial charge in [-0.05, 0) is 42.0 Å². The molecule has 2 aromatic rings. The van der Waals surface area contributed by atoms with Crippen LogP contribution in [-0.4, -0.2) is 26.0 Å². The maximum Gasteiger partial charge on any atom is 0.272 e. The summed E-state index contributed by atoms with van der Waals surface area (Å²) in [6.07, 6.45) is 1.55. The van der Waals surface area contributed by atoms with Crippen molar-refractivity contribution in [2.45, 2.75) is 20.8 Å². The average Bonchev–Trinajstić information content (AvgIpc) is 2.68. The molecule has 0 bridgehead atoms. The number of carbonyl (C=O) groups excluding carboxylic acids is 2. The molecule has 6 nitrogen and oxygen atoms in total. The SMILES string of the molecule is COc1ccc(/C=C(/NC(=O)C(C)(C)C)C(=O)Nc2ccc(Cl)cc2Cl)cc1OC. The molecule has 0 radical (unpaired) electrons. The van der Waals surface area contributed by atoms with Crippen molar-refractivity contribution in [3.8, 4) is 11.5 Å². The predicted molar refractivity (Wildman–Crippen MR) is 120 cm³/mol. The summed E-state index contributed by atoms with van der Waals surface area (Å²) in [6.45, 7) is 5.26. The van der Waals surface area contributed by atoms with E-state index < -0.39 is 11.3 Å². The van der Waals surface area contributed by atoms with Gasteiger partial charge in [-0.3, -0.25) is 9.59 Å². The lowest BCUT2D eigenvalue weighted by molar-refractivity contribution is -0.128. The Balaban J connectivity index is 2.42. The fourth-order valence-corrected chi connectivity index (χ4v) is 2.81. The molecule has 8 heteroatoms. The highest BCUT2D eigenvalue weighted by Gasteiger charge is 2.24. The van der Waals surface area contributed by atoms with Gasteiger partial charge >= 0.3 is 0 Å². The van der Waals surface area contributed by atoms with E-state index >= 15 is 0 Å². The average molecular weight is 451 g/mol. The molecule has 30 heavy (non-hydrogen) atoms. The Bertz CT molecular complexity index is 982. The van der Waals surface area contributed by atoms with Crippen LogP contribution in [0.5, 0.6) is 11.5 Å². The van der Waals surface area contributed by atoms with Crippen LogP contribution in [0.25, 0.3) is 6.08 Å². The summed E-state index contributed by atoms with van der Waals surface area (Å²) in [7, 11) is 3.05. The summed E-state index contributed by atoms with van der Waals surface area (Å²) >= 11 is 12.1. The predicted octanol–water partition coefficient (Wildman–Crippen LogP) is 5.15. The number of amides is 2. The number of halogens is 2. The second-order valence-corrected chi connectivity index (χ2v) is 8.30. The first kappa shape index (κ1) is 23.6. The zero-order valence-corrected chi connectivity index (χ0v) is 18.9. The second kappa shape index (κ2) is 9.87. The standard InChI is InChI=1S/C22H24Cl2N2O4/c1-22(2,3)21(28)26-17(10-13-6-9-18(29-4)19(11-13)30-5)20(27)25-16-8-7-14(23)12-15(16)24/h6-12H,1-5H3,(H,25,27)(H,26,28)/b17-10+. The molecule has 2 aromatic carbocycles. The van der Waals surface area contributed by atoms with Gasteiger partial charge < -0.3 is 20.1 Å². The number of hydrogen-bond donors (Lipinski definition) is 2. The summed E-state index contributed by atoms with van der Waals surface area (Å²) in [5.74, 6) is 0.194. The fourth-order valence-electron chi connectivity index (χ4n) is 2.36. The molecule has 0 aromatic heterocycles. The monoisotopic (exact) mass is 450 g/mol. The van der Waals surface area contributed by atoms with E-state index in [1.807, 2.05) is 0 Å². The molecule has 2 N–H and O–H groups in total. The van der Waals surface area contributed by atoms with Crippen molar-refractivity contribution >= 4 is 46.8 Å². The van der Waals surface area contributed by atoms with Gasteiger partial charge in [0.1, 0.15) is 5.70 Å². The first-order valence-electron chi connectivity index (χ1n) is 9.06. The van der Waals surface area contributed by atoms with Gasteiger partial charge in [0.05, 0.1) is 24.9 Å². The third-order valence-electron chi connectivity index (χ3n) is 4.07. The van der Waals surface area contributed by atoms with Crippen molar-refractivity contribution in [2.24, 2.45) is 5.41 Å². The number of hydrogen-bond acceptors (Lipinski definition) is 4. The van der Waals surface area contributed by atoms with Crippen LogP contribution in [0, 0.1) is 5.41 Å². The highest BCUT2D eigenvalue weighted by Crippen LogP contribution is 2.29. The van der Waals surface area contributed by atoms with Crippen molar-refractivity contribution in [3.63, 3.8) is 0 Å². The van der Waals surface area contributed by atoms with E-state index in [4.69, 9.17) is 32.7 Å². The summed E-state index contributed by atoms with van der Waals surface area (Å²) in [4.78, 5) is 25.5. The maximum atomic E-state index is 13.0. The minimum Gasteiger partial charge on any atom is -0.493 e. The minimum absolute atomic E-state index is 0.0492. The molecule has 0 saturated heterocycles. The highest BCUT2D eigenvalue weighted by molar-refractivity contribution is 6.36. The van der Waals surface area contributed by atoms with Gasteiger partial charge in [0.2, 0.25) is 5.91 Å². The first-order valence-corrected chi connectivity index (χ1v) is 9.82. The number of ether oxygens (including phenoxy) is 2. The van der Waals surface area contributed by atoms with E-state index in [1.54, 1.807) is 57.2 Å². The lowest BCUT2D eigenvalue weighted by Gasteiger charge is -2.19. The molecule has 0 unspecified atom stereocenters. The van der Waals surface area contributed by atoms with E-state index in [9.17, 15) is 9.59 Å². The fraction of sp³-hybridized carbons (Fsp3) is 0.273. The minimum atomic E-state index is -0.700. The van der Waals surface area contributed by atoms with Crippen LogP contribution >= 0.6 is 23.2 Å². The number of rotatable bonds is 6. The van der Waals surface area contributed by atoms with E-state index in [-0.39, 0.29) is 16.6 Å². The van der Waals surface area contributed by atoms with E-state index in [0.717, 1.165) is 0 Å². The summed E-state index contributed by atoms with van der Waals surface area (Å²) < 4.78 is 10.5. The smallest absolute Gasteiger partial charge is 0.272 e. The summed E-state index contributed by atoms with van der Waals surface area (Å²) in [5, 5.41) is 6.11. The van der Waals surface area contributed by atoms with Gasteiger partial charge in [-0.2, -0.15) is 0 Å².